The first-order valence-electron chi connectivity index (χ1n) is 6.73. The number of hydrogen-bond acceptors (Lipinski definition) is 4. The molecule has 100 valence electrons. The molecular formula is C14H23N3O. The fourth-order valence-electron chi connectivity index (χ4n) is 2.33. The largest absolute Gasteiger partial charge is 0.390 e. The molecule has 0 aromatic carbocycles. The minimum Gasteiger partial charge on any atom is -0.390 e. The smallest absolute Gasteiger partial charge is 0.130 e. The molecule has 4 heteroatoms. The fourth-order valence-corrected chi connectivity index (χ4v) is 2.33. The molecule has 0 amide bonds. The molecule has 1 aromatic heterocycles. The summed E-state index contributed by atoms with van der Waals surface area (Å²) in [5, 5.41) is 13.2. The van der Waals surface area contributed by atoms with Gasteiger partial charge in [-0.1, -0.05) is 6.07 Å². The lowest BCUT2D eigenvalue weighted by Crippen LogP contribution is -2.42. The van der Waals surface area contributed by atoms with E-state index in [2.05, 4.69) is 28.2 Å². The Morgan fingerprint density at radius 3 is 2.83 bits per heavy atom. The molecule has 1 saturated heterocycles. The van der Waals surface area contributed by atoms with Gasteiger partial charge in [-0.05, 0) is 32.8 Å². The Kier molecular flexibility index (Phi) is 4.19. The quantitative estimate of drug-likeness (QED) is 0.855. The van der Waals surface area contributed by atoms with Gasteiger partial charge in [0.25, 0.3) is 0 Å². The van der Waals surface area contributed by atoms with Crippen LogP contribution in [0.4, 0.5) is 5.82 Å². The molecule has 1 fully saturated rings. The van der Waals surface area contributed by atoms with Gasteiger partial charge in [0.1, 0.15) is 5.82 Å². The SMILES string of the molecule is CCNc1ncccc1CN1CCC(C)(O)CC1. The van der Waals surface area contributed by atoms with Gasteiger partial charge in [-0.2, -0.15) is 0 Å². The first-order chi connectivity index (χ1) is 8.61. The van der Waals surface area contributed by atoms with Crippen molar-refractivity contribution in [1.82, 2.24) is 9.88 Å². The maximum Gasteiger partial charge on any atom is 0.130 e. The lowest BCUT2D eigenvalue weighted by atomic mass is 9.93. The van der Waals surface area contributed by atoms with Gasteiger partial charge in [-0.3, -0.25) is 4.90 Å². The monoisotopic (exact) mass is 249 g/mol. The molecule has 2 N–H and O–H groups in total. The van der Waals surface area contributed by atoms with Gasteiger partial charge < -0.3 is 10.4 Å². The third-order valence-electron chi connectivity index (χ3n) is 3.56. The molecule has 0 aliphatic carbocycles. The fraction of sp³-hybridized carbons (Fsp3) is 0.643. The van der Waals surface area contributed by atoms with E-state index >= 15 is 0 Å². The average molecular weight is 249 g/mol. The second-order valence-electron chi connectivity index (χ2n) is 5.31. The highest BCUT2D eigenvalue weighted by Gasteiger charge is 2.27. The zero-order chi connectivity index (χ0) is 13.0. The van der Waals surface area contributed by atoms with Crippen LogP contribution in [0.15, 0.2) is 18.3 Å². The molecule has 0 saturated carbocycles. The number of pyridine rings is 1. The van der Waals surface area contributed by atoms with Crippen molar-refractivity contribution in [3.05, 3.63) is 23.9 Å². The first-order valence-corrected chi connectivity index (χ1v) is 6.73. The summed E-state index contributed by atoms with van der Waals surface area (Å²) >= 11 is 0. The van der Waals surface area contributed by atoms with Crippen LogP contribution in [0.5, 0.6) is 0 Å². The maximum absolute atomic E-state index is 9.95. The Bertz CT molecular complexity index is 382. The van der Waals surface area contributed by atoms with Crippen molar-refractivity contribution in [2.45, 2.75) is 38.8 Å². The normalized spacial score (nSPS) is 19.7. The van der Waals surface area contributed by atoms with Crippen LogP contribution in [0, 0.1) is 0 Å². The molecule has 18 heavy (non-hydrogen) atoms. The van der Waals surface area contributed by atoms with Crippen molar-refractivity contribution < 1.29 is 5.11 Å². The second kappa shape index (κ2) is 5.67. The predicted molar refractivity (Wildman–Crippen MR) is 73.5 cm³/mol. The van der Waals surface area contributed by atoms with Gasteiger partial charge in [0.05, 0.1) is 5.60 Å². The minimum absolute atomic E-state index is 0.476. The van der Waals surface area contributed by atoms with Gasteiger partial charge in [0.15, 0.2) is 0 Å². The summed E-state index contributed by atoms with van der Waals surface area (Å²) in [4.78, 5) is 6.76. The third kappa shape index (κ3) is 3.43. The molecule has 4 nitrogen and oxygen atoms in total. The van der Waals surface area contributed by atoms with Crippen molar-refractivity contribution in [1.29, 1.82) is 0 Å². The summed E-state index contributed by atoms with van der Waals surface area (Å²) in [6, 6.07) is 4.11. The molecule has 0 spiro atoms. The lowest BCUT2D eigenvalue weighted by Gasteiger charge is -2.35. The molecule has 0 atom stereocenters. The number of anilines is 1. The van der Waals surface area contributed by atoms with E-state index in [4.69, 9.17) is 0 Å². The van der Waals surface area contributed by atoms with Crippen LogP contribution < -0.4 is 5.32 Å². The summed E-state index contributed by atoms with van der Waals surface area (Å²) in [6.07, 6.45) is 3.52. The summed E-state index contributed by atoms with van der Waals surface area (Å²) in [6.45, 7) is 7.71. The van der Waals surface area contributed by atoms with E-state index in [1.807, 2.05) is 19.2 Å². The molecule has 0 unspecified atom stereocenters. The maximum atomic E-state index is 9.95. The van der Waals surface area contributed by atoms with Gasteiger partial charge in [0, 0.05) is 37.9 Å². The molecule has 0 radical (unpaired) electrons. The van der Waals surface area contributed by atoms with Crippen molar-refractivity contribution in [2.24, 2.45) is 0 Å². The number of piperidine rings is 1. The van der Waals surface area contributed by atoms with Crippen LogP contribution in [-0.2, 0) is 6.54 Å². The van der Waals surface area contributed by atoms with Crippen molar-refractivity contribution in [2.75, 3.05) is 25.0 Å². The van der Waals surface area contributed by atoms with E-state index in [1.165, 1.54) is 5.56 Å². The molecule has 2 rings (SSSR count). The highest BCUT2D eigenvalue weighted by atomic mass is 16.3. The van der Waals surface area contributed by atoms with Crippen LogP contribution >= 0.6 is 0 Å². The van der Waals surface area contributed by atoms with Crippen LogP contribution in [0.3, 0.4) is 0 Å². The summed E-state index contributed by atoms with van der Waals surface area (Å²) in [7, 11) is 0. The molecular weight excluding hydrogens is 226 g/mol. The molecule has 1 aliphatic heterocycles. The van der Waals surface area contributed by atoms with Crippen molar-refractivity contribution >= 4 is 5.82 Å². The van der Waals surface area contributed by atoms with Crippen LogP contribution in [0.1, 0.15) is 32.3 Å². The second-order valence-corrected chi connectivity index (χ2v) is 5.31. The zero-order valence-electron chi connectivity index (χ0n) is 11.3. The summed E-state index contributed by atoms with van der Waals surface area (Å²) in [5.41, 5.74) is 0.761. The van der Waals surface area contributed by atoms with E-state index in [1.54, 1.807) is 0 Å². The predicted octanol–water partition coefficient (Wildman–Crippen LogP) is 1.86. The number of aliphatic hydroxyl groups is 1. The zero-order valence-corrected chi connectivity index (χ0v) is 11.3. The van der Waals surface area contributed by atoms with Crippen LogP contribution in [-0.4, -0.2) is 40.2 Å². The summed E-state index contributed by atoms with van der Waals surface area (Å²) < 4.78 is 0. The Labute approximate surface area is 109 Å². The van der Waals surface area contributed by atoms with Crippen LogP contribution in [0.25, 0.3) is 0 Å². The Hall–Kier alpha value is -1.13. The lowest BCUT2D eigenvalue weighted by molar-refractivity contribution is -0.00726. The Balaban J connectivity index is 1.97. The van der Waals surface area contributed by atoms with Gasteiger partial charge >= 0.3 is 0 Å². The van der Waals surface area contributed by atoms with Gasteiger partial charge in [0.2, 0.25) is 0 Å². The number of nitrogens with zero attached hydrogens (tertiary/aromatic N) is 2. The van der Waals surface area contributed by atoms with Gasteiger partial charge in [-0.25, -0.2) is 4.98 Å². The number of hydrogen-bond donors (Lipinski definition) is 2. The minimum atomic E-state index is -0.476. The topological polar surface area (TPSA) is 48.4 Å². The number of likely N-dealkylation sites (tertiary alicyclic amines) is 1. The van der Waals surface area contributed by atoms with Gasteiger partial charge in [-0.15, -0.1) is 0 Å². The van der Waals surface area contributed by atoms with E-state index in [0.29, 0.717) is 0 Å². The van der Waals surface area contributed by atoms with E-state index in [9.17, 15) is 5.11 Å². The first kappa shape index (κ1) is 13.3. The number of nitrogens with one attached hydrogen (secondary N) is 1. The highest BCUT2D eigenvalue weighted by molar-refractivity contribution is 5.43. The van der Waals surface area contributed by atoms with Crippen molar-refractivity contribution in [3.63, 3.8) is 0 Å². The molecule has 2 heterocycles. The van der Waals surface area contributed by atoms with E-state index < -0.39 is 5.60 Å². The Morgan fingerprint density at radius 2 is 2.17 bits per heavy atom. The molecule has 1 aliphatic rings. The van der Waals surface area contributed by atoms with Crippen LogP contribution in [0.2, 0.25) is 0 Å². The molecule has 1 aromatic rings. The third-order valence-corrected chi connectivity index (χ3v) is 3.56. The Morgan fingerprint density at radius 1 is 1.44 bits per heavy atom. The number of aromatic nitrogens is 1. The average Bonchev–Trinajstić information content (AvgIpc) is 2.35. The standard InChI is InChI=1S/C14H23N3O/c1-3-15-13-12(5-4-8-16-13)11-17-9-6-14(2,18)7-10-17/h4-5,8,18H,3,6-7,9-11H2,1-2H3,(H,15,16). The van der Waals surface area contributed by atoms with E-state index in [-0.39, 0.29) is 0 Å². The number of rotatable bonds is 4. The van der Waals surface area contributed by atoms with E-state index in [0.717, 1.165) is 44.8 Å². The molecule has 0 bridgehead atoms. The summed E-state index contributed by atoms with van der Waals surface area (Å²) in [5.74, 6) is 0.984. The van der Waals surface area contributed by atoms with Crippen molar-refractivity contribution in [3.8, 4) is 0 Å². The highest BCUT2D eigenvalue weighted by Crippen LogP contribution is 2.23.